The van der Waals surface area contributed by atoms with Gasteiger partial charge in [0.05, 0.1) is 24.2 Å². The van der Waals surface area contributed by atoms with Crippen LogP contribution >= 0.6 is 0 Å². The minimum absolute atomic E-state index is 0.0502. The van der Waals surface area contributed by atoms with Crippen LogP contribution < -0.4 is 0 Å². The van der Waals surface area contributed by atoms with E-state index < -0.39 is 16.9 Å². The standard InChI is InChI=1S/C15H17F2NO/c16-15(17)9-13(15)6-7-18(14(13)10-19-11-14)8-12-4-2-1-3-5-12/h1-5H,6-11H2/t13-/m0/s1. The summed E-state index contributed by atoms with van der Waals surface area (Å²) in [6, 6.07) is 10.1. The second kappa shape index (κ2) is 3.55. The Bertz CT molecular complexity index is 500. The van der Waals surface area contributed by atoms with Gasteiger partial charge in [0.1, 0.15) is 0 Å². The van der Waals surface area contributed by atoms with Gasteiger partial charge in [-0.3, -0.25) is 4.90 Å². The van der Waals surface area contributed by atoms with Crippen LogP contribution in [0.2, 0.25) is 0 Å². The van der Waals surface area contributed by atoms with Crippen LogP contribution in [0.5, 0.6) is 0 Å². The van der Waals surface area contributed by atoms with E-state index in [0.29, 0.717) is 19.6 Å². The molecule has 1 atom stereocenters. The number of fused-ring (bicyclic) bond motifs is 1. The number of rotatable bonds is 2. The Morgan fingerprint density at radius 3 is 2.37 bits per heavy atom. The molecule has 2 heterocycles. The zero-order chi connectivity index (χ0) is 13.1. The zero-order valence-corrected chi connectivity index (χ0v) is 10.7. The Labute approximate surface area is 111 Å². The Morgan fingerprint density at radius 1 is 1.16 bits per heavy atom. The summed E-state index contributed by atoms with van der Waals surface area (Å²) < 4.78 is 33.0. The molecular formula is C15H17F2NO. The van der Waals surface area contributed by atoms with Gasteiger partial charge in [0.25, 0.3) is 5.92 Å². The molecule has 0 N–H and O–H groups in total. The van der Waals surface area contributed by atoms with Crippen LogP contribution in [0.3, 0.4) is 0 Å². The molecule has 0 unspecified atom stereocenters. The Morgan fingerprint density at radius 2 is 1.84 bits per heavy atom. The van der Waals surface area contributed by atoms with E-state index in [1.54, 1.807) is 0 Å². The van der Waals surface area contributed by atoms with Crippen molar-refractivity contribution in [3.05, 3.63) is 35.9 Å². The maximum atomic E-state index is 13.8. The van der Waals surface area contributed by atoms with Crippen molar-refractivity contribution in [2.24, 2.45) is 5.41 Å². The molecule has 4 rings (SSSR count). The molecule has 2 aliphatic heterocycles. The van der Waals surface area contributed by atoms with E-state index in [1.165, 1.54) is 5.56 Å². The lowest BCUT2D eigenvalue weighted by molar-refractivity contribution is -0.169. The van der Waals surface area contributed by atoms with Crippen molar-refractivity contribution in [3.8, 4) is 0 Å². The maximum absolute atomic E-state index is 13.8. The maximum Gasteiger partial charge on any atom is 0.256 e. The van der Waals surface area contributed by atoms with E-state index in [0.717, 1.165) is 13.1 Å². The molecule has 0 radical (unpaired) electrons. The first-order valence-corrected chi connectivity index (χ1v) is 6.84. The summed E-state index contributed by atoms with van der Waals surface area (Å²) >= 11 is 0. The fourth-order valence-electron chi connectivity index (χ4n) is 3.97. The highest BCUT2D eigenvalue weighted by Gasteiger charge is 2.84. The molecular weight excluding hydrogens is 248 g/mol. The monoisotopic (exact) mass is 265 g/mol. The fraction of sp³-hybridized carbons (Fsp3) is 0.600. The molecule has 102 valence electrons. The molecule has 3 fully saturated rings. The largest absolute Gasteiger partial charge is 0.377 e. The van der Waals surface area contributed by atoms with Crippen molar-refractivity contribution < 1.29 is 13.5 Å². The summed E-state index contributed by atoms with van der Waals surface area (Å²) in [5.41, 5.74) is -0.0193. The smallest absolute Gasteiger partial charge is 0.256 e. The van der Waals surface area contributed by atoms with Crippen LogP contribution in [0, 0.1) is 5.41 Å². The Balaban J connectivity index is 1.61. The Kier molecular flexibility index (Phi) is 2.21. The van der Waals surface area contributed by atoms with Crippen molar-refractivity contribution >= 4 is 0 Å². The average Bonchev–Trinajstić information content (AvgIpc) is 2.74. The molecule has 3 aliphatic rings. The van der Waals surface area contributed by atoms with E-state index in [2.05, 4.69) is 17.0 Å². The average molecular weight is 265 g/mol. The molecule has 2 spiro atoms. The second-order valence-electron chi connectivity index (χ2n) is 6.14. The molecule has 2 saturated heterocycles. The van der Waals surface area contributed by atoms with E-state index in [-0.39, 0.29) is 6.42 Å². The van der Waals surface area contributed by atoms with Crippen molar-refractivity contribution in [1.29, 1.82) is 0 Å². The first-order valence-electron chi connectivity index (χ1n) is 6.84. The van der Waals surface area contributed by atoms with Gasteiger partial charge in [0.15, 0.2) is 0 Å². The highest BCUT2D eigenvalue weighted by Crippen LogP contribution is 2.73. The van der Waals surface area contributed by atoms with Crippen molar-refractivity contribution in [1.82, 2.24) is 4.90 Å². The molecule has 1 aromatic rings. The molecule has 1 saturated carbocycles. The van der Waals surface area contributed by atoms with Gasteiger partial charge < -0.3 is 4.74 Å². The van der Waals surface area contributed by atoms with E-state index in [9.17, 15) is 8.78 Å². The van der Waals surface area contributed by atoms with Gasteiger partial charge in [0, 0.05) is 19.5 Å². The van der Waals surface area contributed by atoms with Gasteiger partial charge in [-0.1, -0.05) is 30.3 Å². The van der Waals surface area contributed by atoms with Gasteiger partial charge in [-0.25, -0.2) is 8.78 Å². The summed E-state index contributed by atoms with van der Waals surface area (Å²) in [4.78, 5) is 2.23. The number of alkyl halides is 2. The van der Waals surface area contributed by atoms with Crippen molar-refractivity contribution in [2.75, 3.05) is 19.8 Å². The van der Waals surface area contributed by atoms with Crippen molar-refractivity contribution in [2.45, 2.75) is 30.8 Å². The molecule has 0 aromatic heterocycles. The second-order valence-corrected chi connectivity index (χ2v) is 6.14. The topological polar surface area (TPSA) is 12.5 Å². The highest BCUT2D eigenvalue weighted by atomic mass is 19.3. The first kappa shape index (κ1) is 11.8. The predicted molar refractivity (Wildman–Crippen MR) is 67.0 cm³/mol. The predicted octanol–water partition coefficient (Wildman–Crippen LogP) is 2.69. The van der Waals surface area contributed by atoms with Crippen LogP contribution in [-0.4, -0.2) is 36.1 Å². The zero-order valence-electron chi connectivity index (χ0n) is 10.7. The lowest BCUT2D eigenvalue weighted by Gasteiger charge is -2.49. The third-order valence-corrected chi connectivity index (χ3v) is 5.30. The number of benzene rings is 1. The summed E-state index contributed by atoms with van der Waals surface area (Å²) in [5, 5.41) is 0. The van der Waals surface area contributed by atoms with Crippen LogP contribution in [0.15, 0.2) is 30.3 Å². The van der Waals surface area contributed by atoms with Gasteiger partial charge >= 0.3 is 0 Å². The van der Waals surface area contributed by atoms with E-state index in [4.69, 9.17) is 4.74 Å². The third kappa shape index (κ3) is 1.36. The Hall–Kier alpha value is -1.00. The molecule has 2 nitrogen and oxygen atoms in total. The van der Waals surface area contributed by atoms with Crippen LogP contribution in [0.4, 0.5) is 8.78 Å². The molecule has 0 bridgehead atoms. The fourth-order valence-corrected chi connectivity index (χ4v) is 3.97. The van der Waals surface area contributed by atoms with Crippen LogP contribution in [0.25, 0.3) is 0 Å². The van der Waals surface area contributed by atoms with Gasteiger partial charge in [0.2, 0.25) is 0 Å². The van der Waals surface area contributed by atoms with Crippen LogP contribution in [-0.2, 0) is 11.3 Å². The number of likely N-dealkylation sites (tertiary alicyclic amines) is 1. The van der Waals surface area contributed by atoms with Gasteiger partial charge in [-0.15, -0.1) is 0 Å². The minimum Gasteiger partial charge on any atom is -0.377 e. The molecule has 19 heavy (non-hydrogen) atoms. The molecule has 1 aromatic carbocycles. The minimum atomic E-state index is -2.48. The SMILES string of the molecule is FC1(F)C[C@]12CCN(Cc1ccccc1)C21COC1. The third-order valence-electron chi connectivity index (χ3n) is 5.30. The van der Waals surface area contributed by atoms with Crippen LogP contribution in [0.1, 0.15) is 18.4 Å². The summed E-state index contributed by atoms with van der Waals surface area (Å²) in [6.45, 7) is 2.45. The molecule has 1 aliphatic carbocycles. The highest BCUT2D eigenvalue weighted by molar-refractivity contribution is 5.30. The number of halogens is 2. The lowest BCUT2D eigenvalue weighted by Crippen LogP contribution is -2.64. The summed E-state index contributed by atoms with van der Waals surface area (Å²) in [5.74, 6) is -2.48. The van der Waals surface area contributed by atoms with E-state index >= 15 is 0 Å². The first-order chi connectivity index (χ1) is 9.10. The number of hydrogen-bond donors (Lipinski definition) is 0. The summed E-state index contributed by atoms with van der Waals surface area (Å²) in [6.07, 6.45) is 0.658. The normalized spacial score (nSPS) is 34.6. The lowest BCUT2D eigenvalue weighted by atomic mass is 9.79. The molecule has 4 heteroatoms. The number of ether oxygens (including phenoxy) is 1. The molecule has 0 amide bonds. The number of nitrogens with zero attached hydrogens (tertiary/aromatic N) is 1. The quantitative estimate of drug-likeness (QED) is 0.815. The van der Waals surface area contributed by atoms with Gasteiger partial charge in [-0.05, 0) is 12.0 Å². The van der Waals surface area contributed by atoms with E-state index in [1.807, 2.05) is 18.2 Å². The summed E-state index contributed by atoms with van der Waals surface area (Å²) in [7, 11) is 0. The van der Waals surface area contributed by atoms with Gasteiger partial charge in [-0.2, -0.15) is 0 Å². The van der Waals surface area contributed by atoms with Crippen molar-refractivity contribution in [3.63, 3.8) is 0 Å². The number of hydrogen-bond acceptors (Lipinski definition) is 2.